The number of nitrogens with zero attached hydrogens (tertiary/aromatic N) is 2. The van der Waals surface area contributed by atoms with Crippen molar-refractivity contribution in [2.75, 3.05) is 4.90 Å². The Morgan fingerprint density at radius 2 is 0.855 bits per heavy atom. The van der Waals surface area contributed by atoms with Gasteiger partial charge in [0.15, 0.2) is 0 Å². The summed E-state index contributed by atoms with van der Waals surface area (Å²) in [7, 11) is 0. The van der Waals surface area contributed by atoms with Crippen LogP contribution < -0.4 is 4.90 Å². The quantitative estimate of drug-likeness (QED) is 0.166. The van der Waals surface area contributed by atoms with Gasteiger partial charge in [0, 0.05) is 27.8 Å². The Labute approximate surface area is 323 Å². The zero-order valence-corrected chi connectivity index (χ0v) is 30.7. The lowest BCUT2D eigenvalue weighted by Crippen LogP contribution is -2.10. The van der Waals surface area contributed by atoms with Gasteiger partial charge in [-0.05, 0) is 92.3 Å². The number of para-hydroxylation sites is 2. The number of benzene rings is 9. The minimum absolute atomic E-state index is 1.11. The molecule has 0 saturated carbocycles. The fraction of sp³-hybridized carbons (Fsp3) is 0. The summed E-state index contributed by atoms with van der Waals surface area (Å²) < 4.78 is 5.01. The monoisotopic (exact) mass is 718 g/mol. The van der Waals surface area contributed by atoms with Gasteiger partial charge in [-0.1, -0.05) is 158 Å². The molecule has 11 rings (SSSR count). The number of hydrogen-bond donors (Lipinski definition) is 0. The lowest BCUT2D eigenvalue weighted by Gasteiger charge is -2.26. The van der Waals surface area contributed by atoms with Crippen LogP contribution in [0.25, 0.3) is 80.7 Å². The lowest BCUT2D eigenvalue weighted by atomic mass is 9.97. The summed E-state index contributed by atoms with van der Waals surface area (Å²) in [6.07, 6.45) is 0. The molecule has 55 heavy (non-hydrogen) atoms. The van der Waals surface area contributed by atoms with E-state index in [4.69, 9.17) is 0 Å². The highest BCUT2D eigenvalue weighted by Crippen LogP contribution is 2.48. The predicted molar refractivity (Wildman–Crippen MR) is 237 cm³/mol. The second kappa shape index (κ2) is 12.9. The smallest absolute Gasteiger partial charge is 0.0728 e. The first-order valence-electron chi connectivity index (χ1n) is 18.8. The van der Waals surface area contributed by atoms with Crippen LogP contribution in [0.1, 0.15) is 0 Å². The molecular weight excluding hydrogens is 685 g/mol. The van der Waals surface area contributed by atoms with Gasteiger partial charge in [0.1, 0.15) is 0 Å². The Hall–Kier alpha value is -6.94. The number of hydrogen-bond acceptors (Lipinski definition) is 2. The van der Waals surface area contributed by atoms with Gasteiger partial charge < -0.3 is 9.47 Å². The molecule has 0 aliphatic carbocycles. The first kappa shape index (κ1) is 31.6. The van der Waals surface area contributed by atoms with Gasteiger partial charge in [0.2, 0.25) is 0 Å². The van der Waals surface area contributed by atoms with E-state index >= 15 is 0 Å². The first-order chi connectivity index (χ1) is 27.3. The van der Waals surface area contributed by atoms with Crippen LogP contribution in [0.2, 0.25) is 0 Å². The first-order valence-corrected chi connectivity index (χ1v) is 19.6. The molecule has 0 atom stereocenters. The summed E-state index contributed by atoms with van der Waals surface area (Å²) in [5.41, 5.74) is 11.9. The zero-order valence-electron chi connectivity index (χ0n) is 29.9. The topological polar surface area (TPSA) is 8.17 Å². The molecule has 0 unspecified atom stereocenters. The summed E-state index contributed by atoms with van der Waals surface area (Å²) in [6.45, 7) is 0. The summed E-state index contributed by atoms with van der Waals surface area (Å²) in [5, 5.41) is 7.56. The van der Waals surface area contributed by atoms with Gasteiger partial charge >= 0.3 is 0 Å². The predicted octanol–water partition coefficient (Wildman–Crippen LogP) is 15.1. The van der Waals surface area contributed by atoms with Crippen molar-refractivity contribution in [3.63, 3.8) is 0 Å². The molecule has 0 N–H and O–H groups in total. The number of anilines is 3. The van der Waals surface area contributed by atoms with Crippen LogP contribution in [-0.2, 0) is 0 Å². The third-order valence-corrected chi connectivity index (χ3v) is 12.2. The van der Waals surface area contributed by atoms with Gasteiger partial charge in [-0.2, -0.15) is 0 Å². The van der Waals surface area contributed by atoms with E-state index in [1.165, 1.54) is 86.4 Å². The number of rotatable bonds is 6. The van der Waals surface area contributed by atoms with Crippen molar-refractivity contribution in [3.05, 3.63) is 206 Å². The van der Waals surface area contributed by atoms with E-state index < -0.39 is 0 Å². The molecule has 258 valence electrons. The van der Waals surface area contributed by atoms with Crippen LogP contribution >= 0.6 is 11.3 Å². The molecule has 3 heteroatoms. The van der Waals surface area contributed by atoms with Crippen LogP contribution in [0.4, 0.5) is 17.1 Å². The molecule has 0 fully saturated rings. The summed E-state index contributed by atoms with van der Waals surface area (Å²) >= 11 is 1.89. The van der Waals surface area contributed by atoms with E-state index in [-0.39, 0.29) is 0 Å². The maximum absolute atomic E-state index is 2.44. The van der Waals surface area contributed by atoms with Crippen molar-refractivity contribution in [2.45, 2.75) is 0 Å². The summed E-state index contributed by atoms with van der Waals surface area (Å²) in [4.78, 5) is 2.44. The Morgan fingerprint density at radius 1 is 0.364 bits per heavy atom. The van der Waals surface area contributed by atoms with E-state index in [9.17, 15) is 0 Å². The highest BCUT2D eigenvalue weighted by molar-refractivity contribution is 7.27. The SMILES string of the molecule is c1ccc(-n2c3ccccc3c3sc4c(N(c5ccc(-c6cccc7ccccc67)cc5)c5ccc(-c6cccc7ccccc67)cc5)cccc4c32)cc1. The molecule has 2 aromatic heterocycles. The minimum Gasteiger partial charge on any atom is -0.309 e. The van der Waals surface area contributed by atoms with Gasteiger partial charge in [-0.3, -0.25) is 0 Å². The molecular formula is C52H34N2S. The molecule has 0 aliphatic rings. The van der Waals surface area contributed by atoms with Crippen LogP contribution in [0.3, 0.4) is 0 Å². The average Bonchev–Trinajstić information content (AvgIpc) is 3.80. The molecule has 11 aromatic rings. The second-order valence-corrected chi connectivity index (χ2v) is 15.1. The van der Waals surface area contributed by atoms with Gasteiger partial charge in [-0.15, -0.1) is 11.3 Å². The molecule has 9 aromatic carbocycles. The zero-order chi connectivity index (χ0) is 36.3. The molecule has 0 aliphatic heterocycles. The van der Waals surface area contributed by atoms with Gasteiger partial charge in [0.05, 0.1) is 26.1 Å². The molecule has 0 bridgehead atoms. The Bertz CT molecular complexity index is 3060. The third-order valence-electron chi connectivity index (χ3n) is 11.0. The molecule has 0 spiro atoms. The van der Waals surface area contributed by atoms with Crippen molar-refractivity contribution >= 4 is 81.1 Å². The highest BCUT2D eigenvalue weighted by atomic mass is 32.1. The minimum atomic E-state index is 1.11. The summed E-state index contributed by atoms with van der Waals surface area (Å²) in [6, 6.07) is 75.0. The molecule has 0 amide bonds. The van der Waals surface area contributed by atoms with Crippen LogP contribution in [-0.4, -0.2) is 4.57 Å². The van der Waals surface area contributed by atoms with Crippen LogP contribution in [0.5, 0.6) is 0 Å². The van der Waals surface area contributed by atoms with Crippen LogP contribution in [0, 0.1) is 0 Å². The van der Waals surface area contributed by atoms with E-state index in [1.807, 2.05) is 11.3 Å². The average molecular weight is 719 g/mol. The normalized spacial score (nSPS) is 11.6. The number of thiophene rings is 1. The van der Waals surface area contributed by atoms with E-state index in [0.29, 0.717) is 0 Å². The Kier molecular flexibility index (Phi) is 7.39. The molecule has 0 saturated heterocycles. The maximum atomic E-state index is 2.44. The van der Waals surface area contributed by atoms with Gasteiger partial charge in [-0.25, -0.2) is 0 Å². The third kappa shape index (κ3) is 5.16. The Morgan fingerprint density at radius 3 is 1.47 bits per heavy atom. The molecule has 2 heterocycles. The number of fused-ring (bicyclic) bond motifs is 7. The van der Waals surface area contributed by atoms with Crippen molar-refractivity contribution in [3.8, 4) is 27.9 Å². The fourth-order valence-electron chi connectivity index (χ4n) is 8.46. The fourth-order valence-corrected chi connectivity index (χ4v) is 9.78. The van der Waals surface area contributed by atoms with E-state index in [0.717, 1.165) is 11.4 Å². The standard InChI is InChI=1S/C52H34N2S/c1-2-17-39(18-3-1)54-48-25-9-8-21-46(48)52-50(54)47-24-12-26-49(51(47)55-52)53(40-31-27-37(28-32-40)44-22-10-15-35-13-4-6-19-42(35)44)41-33-29-38(30-34-41)45-23-11-16-36-14-5-7-20-43(36)45/h1-34H. The largest absolute Gasteiger partial charge is 0.309 e. The van der Waals surface area contributed by atoms with Crippen molar-refractivity contribution < 1.29 is 0 Å². The summed E-state index contributed by atoms with van der Waals surface area (Å²) in [5.74, 6) is 0. The second-order valence-electron chi connectivity index (χ2n) is 14.1. The maximum Gasteiger partial charge on any atom is 0.0728 e. The Balaban J connectivity index is 1.11. The van der Waals surface area contributed by atoms with Crippen LogP contribution in [0.15, 0.2) is 206 Å². The van der Waals surface area contributed by atoms with Crippen molar-refractivity contribution in [1.29, 1.82) is 0 Å². The van der Waals surface area contributed by atoms with E-state index in [1.54, 1.807) is 0 Å². The highest BCUT2D eigenvalue weighted by Gasteiger charge is 2.23. The molecule has 0 radical (unpaired) electrons. The van der Waals surface area contributed by atoms with E-state index in [2.05, 4.69) is 216 Å². The lowest BCUT2D eigenvalue weighted by molar-refractivity contribution is 1.19. The van der Waals surface area contributed by atoms with Crippen molar-refractivity contribution in [2.24, 2.45) is 0 Å². The van der Waals surface area contributed by atoms with Crippen molar-refractivity contribution in [1.82, 2.24) is 4.57 Å². The van der Waals surface area contributed by atoms with Gasteiger partial charge in [0.25, 0.3) is 0 Å². The molecule has 2 nitrogen and oxygen atoms in total. The number of aromatic nitrogens is 1.